The van der Waals surface area contributed by atoms with Gasteiger partial charge in [-0.15, -0.1) is 18.8 Å². The molecule has 0 saturated heterocycles. The van der Waals surface area contributed by atoms with Crippen molar-refractivity contribution in [3.63, 3.8) is 0 Å². The Kier molecular flexibility index (Phi) is 20.5. The summed E-state index contributed by atoms with van der Waals surface area (Å²) < 4.78 is 0. The molecule has 0 spiro atoms. The van der Waals surface area contributed by atoms with Crippen LogP contribution in [0.3, 0.4) is 0 Å². The summed E-state index contributed by atoms with van der Waals surface area (Å²) in [5.41, 5.74) is 0. The summed E-state index contributed by atoms with van der Waals surface area (Å²) in [5.74, 6) is 2.59. The van der Waals surface area contributed by atoms with Gasteiger partial charge >= 0.3 is 0 Å². The van der Waals surface area contributed by atoms with E-state index in [4.69, 9.17) is 6.42 Å². The van der Waals surface area contributed by atoms with Crippen LogP contribution in [0, 0.1) is 12.3 Å². The average Bonchev–Trinajstić information content (AvgIpc) is 2.31. The van der Waals surface area contributed by atoms with Crippen LogP contribution in [0.25, 0.3) is 0 Å². The van der Waals surface area contributed by atoms with Gasteiger partial charge in [0.25, 0.3) is 0 Å². The minimum absolute atomic E-state index is 0. The Labute approximate surface area is 115 Å². The Morgan fingerprint density at radius 2 is 1.29 bits per heavy atom. The van der Waals surface area contributed by atoms with Crippen LogP contribution in [0.5, 0.6) is 0 Å². The molecule has 1 N–H and O–H groups in total. The molecule has 0 heterocycles. The summed E-state index contributed by atoms with van der Waals surface area (Å²) in [5, 5.41) is 3.22. The molecule has 0 amide bonds. The smallest absolute Gasteiger partial charge is 0.0573 e. The van der Waals surface area contributed by atoms with E-state index in [1.165, 1.54) is 64.2 Å². The molecule has 0 aromatic rings. The maximum atomic E-state index is 5.15. The van der Waals surface area contributed by atoms with Crippen LogP contribution in [0.2, 0.25) is 0 Å². The quantitative estimate of drug-likeness (QED) is 0.400. The van der Waals surface area contributed by atoms with Crippen LogP contribution in [0.4, 0.5) is 0 Å². The highest BCUT2D eigenvalue weighted by molar-refractivity contribution is 5.85. The molecule has 1 nitrogen and oxygen atoms in total. The molecule has 0 unspecified atom stereocenters. The first kappa shape index (κ1) is 19.2. The van der Waals surface area contributed by atoms with Gasteiger partial charge in [-0.25, -0.2) is 0 Å². The van der Waals surface area contributed by atoms with E-state index in [0.29, 0.717) is 0 Å². The number of hydrogen-bond acceptors (Lipinski definition) is 1. The lowest BCUT2D eigenvalue weighted by molar-refractivity contribution is 0.549. The summed E-state index contributed by atoms with van der Waals surface area (Å²) in [6.45, 7) is 4.08. The van der Waals surface area contributed by atoms with E-state index in [-0.39, 0.29) is 12.4 Å². The maximum absolute atomic E-state index is 5.15. The normalized spacial score (nSPS) is 9.65. The highest BCUT2D eigenvalue weighted by Gasteiger charge is 1.92. The lowest BCUT2D eigenvalue weighted by atomic mass is 10.1. The molecule has 17 heavy (non-hydrogen) atoms. The van der Waals surface area contributed by atoms with E-state index in [1.807, 2.05) is 0 Å². The molecule has 0 aliphatic rings. The summed E-state index contributed by atoms with van der Waals surface area (Å²) >= 11 is 0. The van der Waals surface area contributed by atoms with Gasteiger partial charge in [-0.3, -0.25) is 0 Å². The molecule has 0 aromatic heterocycles. The van der Waals surface area contributed by atoms with Crippen LogP contribution in [-0.4, -0.2) is 13.1 Å². The van der Waals surface area contributed by atoms with Gasteiger partial charge in [0.05, 0.1) is 6.54 Å². The number of hydrogen-bond donors (Lipinski definition) is 1. The zero-order valence-corrected chi connectivity index (χ0v) is 12.3. The van der Waals surface area contributed by atoms with Crippen molar-refractivity contribution >= 4 is 12.4 Å². The van der Waals surface area contributed by atoms with Crippen molar-refractivity contribution in [1.29, 1.82) is 0 Å². The molecule has 0 bridgehead atoms. The molecular formula is C15H30ClN. The van der Waals surface area contributed by atoms with Crippen molar-refractivity contribution in [2.45, 2.75) is 71.1 Å². The SMILES string of the molecule is C#CCNCCCCCCCCCCCC.Cl. The van der Waals surface area contributed by atoms with Crippen LogP contribution in [0.1, 0.15) is 71.1 Å². The molecule has 0 atom stereocenters. The highest BCUT2D eigenvalue weighted by atomic mass is 35.5. The second kappa shape index (κ2) is 18.2. The standard InChI is InChI=1S/C15H29N.ClH/c1-3-5-6-7-8-9-10-11-12-13-15-16-14-4-2;/h2,16H,3,5-15H2,1H3;1H. The third kappa shape index (κ3) is 18.4. The Bertz CT molecular complexity index is 163. The third-order valence-corrected chi connectivity index (χ3v) is 2.93. The summed E-state index contributed by atoms with van der Waals surface area (Å²) in [6, 6.07) is 0. The second-order valence-electron chi connectivity index (χ2n) is 4.56. The highest BCUT2D eigenvalue weighted by Crippen LogP contribution is 2.10. The molecule has 0 fully saturated rings. The third-order valence-electron chi connectivity index (χ3n) is 2.93. The van der Waals surface area contributed by atoms with Crippen molar-refractivity contribution in [3.05, 3.63) is 0 Å². The molecule has 2 heteroatoms. The number of unbranched alkanes of at least 4 members (excludes halogenated alkanes) is 9. The van der Waals surface area contributed by atoms with Gasteiger partial charge in [-0.1, -0.05) is 70.6 Å². The zero-order chi connectivity index (χ0) is 11.9. The van der Waals surface area contributed by atoms with Crippen LogP contribution in [-0.2, 0) is 0 Å². The van der Waals surface area contributed by atoms with E-state index < -0.39 is 0 Å². The lowest BCUT2D eigenvalue weighted by Gasteiger charge is -2.02. The first-order valence-electron chi connectivity index (χ1n) is 7.06. The molecule has 102 valence electrons. The van der Waals surface area contributed by atoms with Crippen molar-refractivity contribution in [2.24, 2.45) is 0 Å². The summed E-state index contributed by atoms with van der Waals surface area (Å²) in [4.78, 5) is 0. The van der Waals surface area contributed by atoms with Crippen LogP contribution in [0.15, 0.2) is 0 Å². The van der Waals surface area contributed by atoms with Gasteiger partial charge in [0, 0.05) is 0 Å². The minimum Gasteiger partial charge on any atom is -0.306 e. The molecule has 0 rings (SSSR count). The Morgan fingerprint density at radius 3 is 1.76 bits per heavy atom. The Balaban J connectivity index is 0. The summed E-state index contributed by atoms with van der Waals surface area (Å²) in [7, 11) is 0. The number of halogens is 1. The molecule has 0 radical (unpaired) electrons. The van der Waals surface area contributed by atoms with E-state index in [2.05, 4.69) is 18.2 Å². The Hall–Kier alpha value is -0.190. The maximum Gasteiger partial charge on any atom is 0.0573 e. The first-order valence-corrected chi connectivity index (χ1v) is 7.06. The molecular weight excluding hydrogens is 230 g/mol. The molecule has 0 aliphatic heterocycles. The lowest BCUT2D eigenvalue weighted by Crippen LogP contribution is -2.14. The van der Waals surface area contributed by atoms with E-state index in [1.54, 1.807) is 0 Å². The van der Waals surface area contributed by atoms with E-state index in [0.717, 1.165) is 13.1 Å². The predicted molar refractivity (Wildman–Crippen MR) is 80.8 cm³/mol. The van der Waals surface area contributed by atoms with Gasteiger partial charge in [-0.05, 0) is 13.0 Å². The largest absolute Gasteiger partial charge is 0.306 e. The fraction of sp³-hybridized carbons (Fsp3) is 0.867. The number of rotatable bonds is 12. The van der Waals surface area contributed by atoms with Gasteiger partial charge in [0.15, 0.2) is 0 Å². The fourth-order valence-electron chi connectivity index (χ4n) is 1.90. The van der Waals surface area contributed by atoms with Gasteiger partial charge in [-0.2, -0.15) is 0 Å². The van der Waals surface area contributed by atoms with Crippen molar-refractivity contribution in [2.75, 3.05) is 13.1 Å². The van der Waals surface area contributed by atoms with Gasteiger partial charge in [0.1, 0.15) is 0 Å². The second-order valence-corrected chi connectivity index (χ2v) is 4.56. The van der Waals surface area contributed by atoms with E-state index in [9.17, 15) is 0 Å². The minimum atomic E-state index is 0. The van der Waals surface area contributed by atoms with Crippen molar-refractivity contribution < 1.29 is 0 Å². The first-order chi connectivity index (χ1) is 7.91. The summed E-state index contributed by atoms with van der Waals surface area (Å²) in [6.07, 6.45) is 19.1. The Morgan fingerprint density at radius 1 is 0.824 bits per heavy atom. The van der Waals surface area contributed by atoms with Crippen molar-refractivity contribution in [1.82, 2.24) is 5.32 Å². The topological polar surface area (TPSA) is 12.0 Å². The number of terminal acetylenes is 1. The van der Waals surface area contributed by atoms with E-state index >= 15 is 0 Å². The molecule has 0 aromatic carbocycles. The predicted octanol–water partition coefficient (Wildman–Crippen LogP) is 4.55. The van der Waals surface area contributed by atoms with Crippen LogP contribution < -0.4 is 5.32 Å². The van der Waals surface area contributed by atoms with Gasteiger partial charge in [0.2, 0.25) is 0 Å². The van der Waals surface area contributed by atoms with Gasteiger partial charge < -0.3 is 5.32 Å². The monoisotopic (exact) mass is 259 g/mol. The van der Waals surface area contributed by atoms with Crippen molar-refractivity contribution in [3.8, 4) is 12.3 Å². The zero-order valence-electron chi connectivity index (χ0n) is 11.5. The molecule has 0 saturated carbocycles. The molecule has 0 aliphatic carbocycles. The fourth-order valence-corrected chi connectivity index (χ4v) is 1.90. The number of nitrogens with one attached hydrogen (secondary N) is 1. The average molecular weight is 260 g/mol. The van der Waals surface area contributed by atoms with Crippen LogP contribution >= 0.6 is 12.4 Å².